The van der Waals surface area contributed by atoms with Crippen molar-refractivity contribution in [2.75, 3.05) is 13.2 Å². The average Bonchev–Trinajstić information content (AvgIpc) is 2.99. The summed E-state index contributed by atoms with van der Waals surface area (Å²) in [4.78, 5) is 36.6. The van der Waals surface area contributed by atoms with Crippen LogP contribution in [0.25, 0.3) is 6.08 Å². The average molecular weight is 444 g/mol. The summed E-state index contributed by atoms with van der Waals surface area (Å²) in [6, 6.07) is 5.77. The second kappa shape index (κ2) is 11.3. The number of nitrogens with one attached hydrogen (secondary N) is 1. The molecular formula is C24H30FN3O4. The number of nitrogens with zero attached hydrogens (tertiary/aromatic N) is 1. The van der Waals surface area contributed by atoms with Crippen LogP contribution in [0.3, 0.4) is 0 Å². The minimum Gasteiger partial charge on any atom is -0.462 e. The number of halogens is 1. The van der Waals surface area contributed by atoms with E-state index in [1.165, 1.54) is 18.2 Å². The molecule has 0 saturated carbocycles. The fourth-order valence-electron chi connectivity index (χ4n) is 3.67. The molecule has 0 aliphatic rings. The first kappa shape index (κ1) is 24.8. The maximum atomic E-state index is 13.1. The van der Waals surface area contributed by atoms with Gasteiger partial charge < -0.3 is 20.4 Å². The lowest BCUT2D eigenvalue weighted by atomic mass is 9.98. The molecule has 0 fully saturated rings. The molecule has 172 valence electrons. The summed E-state index contributed by atoms with van der Waals surface area (Å²) in [5.41, 5.74) is 8.89. The van der Waals surface area contributed by atoms with E-state index in [1.54, 1.807) is 25.1 Å². The van der Waals surface area contributed by atoms with Crippen LogP contribution in [0.5, 0.6) is 0 Å². The molecule has 0 radical (unpaired) electrons. The molecule has 2 aromatic rings. The predicted octanol–water partition coefficient (Wildman–Crippen LogP) is 2.91. The first-order valence-electron chi connectivity index (χ1n) is 10.6. The quantitative estimate of drug-likeness (QED) is 0.435. The summed E-state index contributed by atoms with van der Waals surface area (Å²) in [5, 5.41) is 2.67. The standard InChI is InChI=1S/C24H30FN3O4/c1-5-28-15(3)20(22(16(28)4)24(31)32-6-2)11-12-21(29)27-14-18(23(26)30)13-17-7-9-19(25)10-8-17/h7-12,18H,5-6,13-14H2,1-4H3,(H2,26,30)(H,27,29)/b12-11+. The van der Waals surface area contributed by atoms with Crippen LogP contribution in [-0.2, 0) is 27.3 Å². The van der Waals surface area contributed by atoms with Crippen LogP contribution in [0.1, 0.15) is 46.7 Å². The third kappa shape index (κ3) is 6.06. The van der Waals surface area contributed by atoms with Crippen LogP contribution in [0.2, 0.25) is 0 Å². The smallest absolute Gasteiger partial charge is 0.340 e. The number of rotatable bonds is 10. The van der Waals surface area contributed by atoms with E-state index in [1.807, 2.05) is 25.3 Å². The molecule has 0 saturated heterocycles. The van der Waals surface area contributed by atoms with E-state index in [9.17, 15) is 18.8 Å². The number of hydrogen-bond donors (Lipinski definition) is 2. The molecule has 0 aliphatic carbocycles. The second-order valence-corrected chi connectivity index (χ2v) is 7.43. The van der Waals surface area contributed by atoms with Gasteiger partial charge in [0.25, 0.3) is 0 Å². The van der Waals surface area contributed by atoms with Crippen LogP contribution >= 0.6 is 0 Å². The number of carbonyl (C=O) groups is 3. The number of ether oxygens (including phenoxy) is 1. The number of primary amides is 1. The van der Waals surface area contributed by atoms with Crippen LogP contribution in [0.4, 0.5) is 4.39 Å². The summed E-state index contributed by atoms with van der Waals surface area (Å²) in [5.74, 6) is -2.43. The Morgan fingerprint density at radius 2 is 1.81 bits per heavy atom. The molecule has 1 aromatic heterocycles. The van der Waals surface area contributed by atoms with Gasteiger partial charge in [0.2, 0.25) is 11.8 Å². The van der Waals surface area contributed by atoms with Gasteiger partial charge in [-0.1, -0.05) is 12.1 Å². The van der Waals surface area contributed by atoms with E-state index in [4.69, 9.17) is 10.5 Å². The number of carbonyl (C=O) groups excluding carboxylic acids is 3. The number of nitrogens with two attached hydrogens (primary N) is 1. The molecule has 0 bridgehead atoms. The zero-order valence-electron chi connectivity index (χ0n) is 18.9. The first-order chi connectivity index (χ1) is 15.2. The number of esters is 1. The molecule has 3 N–H and O–H groups in total. The summed E-state index contributed by atoms with van der Waals surface area (Å²) in [6.07, 6.45) is 3.18. The van der Waals surface area contributed by atoms with E-state index in [0.29, 0.717) is 17.7 Å². The summed E-state index contributed by atoms with van der Waals surface area (Å²) >= 11 is 0. The molecule has 1 aromatic carbocycles. The van der Waals surface area contributed by atoms with Gasteiger partial charge in [0.05, 0.1) is 18.1 Å². The van der Waals surface area contributed by atoms with Gasteiger partial charge in [-0.25, -0.2) is 9.18 Å². The SMILES string of the molecule is CCOC(=O)c1c(/C=C/C(=O)NCC(Cc2ccc(F)cc2)C(N)=O)c(C)n(CC)c1C. The molecule has 32 heavy (non-hydrogen) atoms. The van der Waals surface area contributed by atoms with Gasteiger partial charge in [-0.2, -0.15) is 0 Å². The predicted molar refractivity (Wildman–Crippen MR) is 120 cm³/mol. The normalized spacial score (nSPS) is 12.0. The Labute approximate surface area is 187 Å². The van der Waals surface area contributed by atoms with E-state index in [0.717, 1.165) is 17.0 Å². The zero-order valence-corrected chi connectivity index (χ0v) is 18.9. The first-order valence-corrected chi connectivity index (χ1v) is 10.6. The Balaban J connectivity index is 2.13. The van der Waals surface area contributed by atoms with E-state index < -0.39 is 23.7 Å². The minimum absolute atomic E-state index is 0.0363. The Hall–Kier alpha value is -3.42. The molecule has 1 heterocycles. The molecule has 1 atom stereocenters. The number of amides is 2. The van der Waals surface area contributed by atoms with E-state index >= 15 is 0 Å². The highest BCUT2D eigenvalue weighted by Gasteiger charge is 2.22. The van der Waals surface area contributed by atoms with E-state index in [-0.39, 0.29) is 25.4 Å². The zero-order chi connectivity index (χ0) is 23.8. The maximum absolute atomic E-state index is 13.1. The maximum Gasteiger partial charge on any atom is 0.340 e. The number of aromatic nitrogens is 1. The molecule has 0 aliphatic heterocycles. The fraction of sp³-hybridized carbons (Fsp3) is 0.375. The van der Waals surface area contributed by atoms with Crippen LogP contribution < -0.4 is 11.1 Å². The Morgan fingerprint density at radius 3 is 2.38 bits per heavy atom. The third-order valence-electron chi connectivity index (χ3n) is 5.35. The van der Waals surface area contributed by atoms with Crippen molar-refractivity contribution in [3.63, 3.8) is 0 Å². The van der Waals surface area contributed by atoms with Gasteiger partial charge in [-0.15, -0.1) is 0 Å². The van der Waals surface area contributed by atoms with Gasteiger partial charge in [0.1, 0.15) is 5.82 Å². The minimum atomic E-state index is -0.641. The fourth-order valence-corrected chi connectivity index (χ4v) is 3.67. The van der Waals surface area contributed by atoms with Gasteiger partial charge in [-0.05, 0) is 57.9 Å². The van der Waals surface area contributed by atoms with Crippen molar-refractivity contribution >= 4 is 23.9 Å². The van der Waals surface area contributed by atoms with Gasteiger partial charge in [-0.3, -0.25) is 9.59 Å². The molecule has 2 rings (SSSR count). The molecule has 1 unspecified atom stereocenters. The Bertz CT molecular complexity index is 1010. The third-order valence-corrected chi connectivity index (χ3v) is 5.35. The van der Waals surface area contributed by atoms with Crippen molar-refractivity contribution in [1.82, 2.24) is 9.88 Å². The van der Waals surface area contributed by atoms with Gasteiger partial charge in [0.15, 0.2) is 0 Å². The van der Waals surface area contributed by atoms with Crippen molar-refractivity contribution in [2.45, 2.75) is 40.7 Å². The van der Waals surface area contributed by atoms with Crippen molar-refractivity contribution in [3.8, 4) is 0 Å². The topological polar surface area (TPSA) is 103 Å². The monoisotopic (exact) mass is 443 g/mol. The largest absolute Gasteiger partial charge is 0.462 e. The lowest BCUT2D eigenvalue weighted by molar-refractivity contribution is -0.122. The summed E-state index contributed by atoms with van der Waals surface area (Å²) < 4.78 is 20.2. The van der Waals surface area contributed by atoms with Crippen molar-refractivity contribution < 1.29 is 23.5 Å². The van der Waals surface area contributed by atoms with Crippen LogP contribution in [-0.4, -0.2) is 35.5 Å². The summed E-state index contributed by atoms with van der Waals surface area (Å²) in [7, 11) is 0. The Kier molecular flexibility index (Phi) is 8.75. The van der Waals surface area contributed by atoms with Gasteiger partial charge in [0, 0.05) is 36.1 Å². The van der Waals surface area contributed by atoms with Gasteiger partial charge >= 0.3 is 5.97 Å². The highest BCUT2D eigenvalue weighted by Crippen LogP contribution is 2.25. The second-order valence-electron chi connectivity index (χ2n) is 7.43. The molecule has 7 nitrogen and oxygen atoms in total. The van der Waals surface area contributed by atoms with Crippen molar-refractivity contribution in [3.05, 3.63) is 64.2 Å². The van der Waals surface area contributed by atoms with Crippen molar-refractivity contribution in [2.24, 2.45) is 11.7 Å². The highest BCUT2D eigenvalue weighted by molar-refractivity contribution is 5.99. The molecule has 0 spiro atoms. The number of benzene rings is 1. The molecule has 2 amide bonds. The van der Waals surface area contributed by atoms with Crippen LogP contribution in [0, 0.1) is 25.6 Å². The summed E-state index contributed by atoms with van der Waals surface area (Å²) in [6.45, 7) is 8.39. The van der Waals surface area contributed by atoms with E-state index in [2.05, 4.69) is 5.32 Å². The molecule has 8 heteroatoms. The lowest BCUT2D eigenvalue weighted by Crippen LogP contribution is -2.36. The lowest BCUT2D eigenvalue weighted by Gasteiger charge is -2.13. The molecular weight excluding hydrogens is 413 g/mol. The van der Waals surface area contributed by atoms with Crippen LogP contribution in [0.15, 0.2) is 30.3 Å². The number of hydrogen-bond acceptors (Lipinski definition) is 4. The van der Waals surface area contributed by atoms with Crippen molar-refractivity contribution in [1.29, 1.82) is 0 Å². The highest BCUT2D eigenvalue weighted by atomic mass is 19.1. The Morgan fingerprint density at radius 1 is 1.16 bits per heavy atom.